The maximum Gasteiger partial charge on any atom is 0.272 e. The Balaban J connectivity index is 2.09. The first kappa shape index (κ1) is 10.8. The van der Waals surface area contributed by atoms with Gasteiger partial charge in [-0.05, 0) is 31.4 Å². The maximum absolute atomic E-state index is 12.4. The van der Waals surface area contributed by atoms with Crippen LogP contribution in [0.15, 0.2) is 35.1 Å². The lowest BCUT2D eigenvalue weighted by atomic mass is 10.1. The molecule has 0 radical (unpaired) electrons. The fourth-order valence-electron chi connectivity index (χ4n) is 3.35. The molecule has 4 heteroatoms. The standard InChI is InChI=1S/C15H14N2O2/c18-13-9-12-15(19)16-8-4-3-7-14(16)17(12)11-6-2-1-5-10(11)13/h1-2,5-6,9,14H,3-4,7-8H2. The average molecular weight is 254 g/mol. The van der Waals surface area contributed by atoms with Crippen molar-refractivity contribution in [3.63, 3.8) is 0 Å². The van der Waals surface area contributed by atoms with Crippen molar-refractivity contribution in [1.82, 2.24) is 9.47 Å². The third-order valence-electron chi connectivity index (χ3n) is 4.21. The molecule has 1 atom stereocenters. The molecule has 3 heterocycles. The number of amides is 1. The van der Waals surface area contributed by atoms with E-state index < -0.39 is 0 Å². The van der Waals surface area contributed by atoms with E-state index >= 15 is 0 Å². The van der Waals surface area contributed by atoms with Crippen LogP contribution in [0.4, 0.5) is 0 Å². The summed E-state index contributed by atoms with van der Waals surface area (Å²) in [6.45, 7) is 0.799. The van der Waals surface area contributed by atoms with Gasteiger partial charge in [0.2, 0.25) is 0 Å². The summed E-state index contributed by atoms with van der Waals surface area (Å²) < 4.78 is 2.05. The van der Waals surface area contributed by atoms with E-state index in [2.05, 4.69) is 4.57 Å². The molecular weight excluding hydrogens is 240 g/mol. The maximum atomic E-state index is 12.4. The first-order valence-electron chi connectivity index (χ1n) is 6.72. The molecule has 1 amide bonds. The summed E-state index contributed by atoms with van der Waals surface area (Å²) in [6, 6.07) is 9.06. The van der Waals surface area contributed by atoms with Crippen LogP contribution in [0.25, 0.3) is 10.9 Å². The minimum atomic E-state index is -0.0601. The Bertz CT molecular complexity index is 747. The summed E-state index contributed by atoms with van der Waals surface area (Å²) in [7, 11) is 0. The highest BCUT2D eigenvalue weighted by Gasteiger charge is 2.38. The second-order valence-corrected chi connectivity index (χ2v) is 5.26. The Kier molecular flexibility index (Phi) is 2.10. The smallest absolute Gasteiger partial charge is 0.272 e. The van der Waals surface area contributed by atoms with Gasteiger partial charge in [-0.25, -0.2) is 0 Å². The van der Waals surface area contributed by atoms with Crippen molar-refractivity contribution in [3.8, 4) is 0 Å². The topological polar surface area (TPSA) is 42.3 Å². The summed E-state index contributed by atoms with van der Waals surface area (Å²) >= 11 is 0. The zero-order chi connectivity index (χ0) is 13.0. The van der Waals surface area contributed by atoms with Crippen molar-refractivity contribution in [2.45, 2.75) is 25.4 Å². The van der Waals surface area contributed by atoms with Gasteiger partial charge >= 0.3 is 0 Å². The first-order valence-corrected chi connectivity index (χ1v) is 6.72. The fraction of sp³-hybridized carbons (Fsp3) is 0.333. The van der Waals surface area contributed by atoms with Gasteiger partial charge in [-0.1, -0.05) is 12.1 Å². The normalized spacial score (nSPS) is 21.6. The summed E-state index contributed by atoms with van der Waals surface area (Å²) in [6.07, 6.45) is 3.26. The highest BCUT2D eigenvalue weighted by atomic mass is 16.2. The van der Waals surface area contributed by atoms with Crippen molar-refractivity contribution < 1.29 is 4.79 Å². The Morgan fingerprint density at radius 2 is 1.95 bits per heavy atom. The number of pyridine rings is 1. The Morgan fingerprint density at radius 1 is 1.11 bits per heavy atom. The van der Waals surface area contributed by atoms with Crippen LogP contribution in [-0.2, 0) is 0 Å². The number of para-hydroxylation sites is 1. The summed E-state index contributed by atoms with van der Waals surface area (Å²) in [5.41, 5.74) is 1.37. The lowest BCUT2D eigenvalue weighted by Crippen LogP contribution is -2.33. The van der Waals surface area contributed by atoms with Gasteiger partial charge in [0.15, 0.2) is 5.43 Å². The molecule has 2 aliphatic rings. The molecule has 0 saturated carbocycles. The van der Waals surface area contributed by atoms with Gasteiger partial charge in [-0.2, -0.15) is 0 Å². The van der Waals surface area contributed by atoms with E-state index in [1.54, 1.807) is 0 Å². The lowest BCUT2D eigenvalue weighted by molar-refractivity contribution is 0.0626. The van der Waals surface area contributed by atoms with E-state index in [0.717, 1.165) is 31.3 Å². The first-order chi connectivity index (χ1) is 9.27. The molecule has 1 fully saturated rings. The average Bonchev–Trinajstić information content (AvgIpc) is 2.73. The Hall–Kier alpha value is -2.10. The van der Waals surface area contributed by atoms with Crippen molar-refractivity contribution in [1.29, 1.82) is 0 Å². The van der Waals surface area contributed by atoms with Crippen LogP contribution in [0.3, 0.4) is 0 Å². The lowest BCUT2D eigenvalue weighted by Gasteiger charge is -2.30. The van der Waals surface area contributed by atoms with Gasteiger partial charge in [-0.15, -0.1) is 0 Å². The van der Waals surface area contributed by atoms with Crippen LogP contribution in [0.1, 0.15) is 35.9 Å². The number of piperidine rings is 1. The van der Waals surface area contributed by atoms with E-state index in [0.29, 0.717) is 11.1 Å². The molecule has 0 bridgehead atoms. The predicted molar refractivity (Wildman–Crippen MR) is 72.1 cm³/mol. The van der Waals surface area contributed by atoms with E-state index in [1.807, 2.05) is 29.2 Å². The van der Waals surface area contributed by atoms with Crippen molar-refractivity contribution >= 4 is 16.8 Å². The molecule has 96 valence electrons. The minimum absolute atomic E-state index is 0.00699. The minimum Gasteiger partial charge on any atom is -0.317 e. The van der Waals surface area contributed by atoms with Gasteiger partial charge < -0.3 is 9.47 Å². The van der Waals surface area contributed by atoms with Gasteiger partial charge in [-0.3, -0.25) is 9.59 Å². The van der Waals surface area contributed by atoms with Crippen molar-refractivity contribution in [2.24, 2.45) is 0 Å². The fourth-order valence-corrected chi connectivity index (χ4v) is 3.35. The van der Waals surface area contributed by atoms with E-state index in [-0.39, 0.29) is 17.5 Å². The zero-order valence-electron chi connectivity index (χ0n) is 10.5. The molecule has 0 N–H and O–H groups in total. The largest absolute Gasteiger partial charge is 0.317 e. The number of benzene rings is 1. The SMILES string of the molecule is O=C1c2cc(=O)c3ccccc3n2C2CCCCN12. The third kappa shape index (κ3) is 1.34. The number of carbonyl (C=O) groups excluding carboxylic acids is 1. The number of aromatic nitrogens is 1. The summed E-state index contributed by atoms with van der Waals surface area (Å²) in [5.74, 6) is 0.00699. The quantitative estimate of drug-likeness (QED) is 0.723. The van der Waals surface area contributed by atoms with Gasteiger partial charge in [0.05, 0.1) is 5.52 Å². The van der Waals surface area contributed by atoms with Crippen LogP contribution in [0.2, 0.25) is 0 Å². The molecule has 2 aliphatic heterocycles. The highest BCUT2D eigenvalue weighted by molar-refractivity contribution is 5.98. The molecule has 1 saturated heterocycles. The second kappa shape index (κ2) is 3.70. The molecule has 1 aromatic carbocycles. The van der Waals surface area contributed by atoms with Gasteiger partial charge in [0, 0.05) is 18.0 Å². The third-order valence-corrected chi connectivity index (χ3v) is 4.21. The number of hydrogen-bond donors (Lipinski definition) is 0. The van der Waals surface area contributed by atoms with E-state index in [4.69, 9.17) is 0 Å². The molecule has 0 spiro atoms. The monoisotopic (exact) mass is 254 g/mol. The summed E-state index contributed by atoms with van der Waals surface area (Å²) in [4.78, 5) is 26.4. The van der Waals surface area contributed by atoms with Crippen LogP contribution in [0, 0.1) is 0 Å². The Morgan fingerprint density at radius 3 is 2.84 bits per heavy atom. The summed E-state index contributed by atoms with van der Waals surface area (Å²) in [5, 5.41) is 0.700. The van der Waals surface area contributed by atoms with Crippen molar-refractivity contribution in [3.05, 3.63) is 46.2 Å². The van der Waals surface area contributed by atoms with Gasteiger partial charge in [0.1, 0.15) is 11.9 Å². The molecular formula is C15H14N2O2. The van der Waals surface area contributed by atoms with Crippen LogP contribution in [0.5, 0.6) is 0 Å². The number of hydrogen-bond acceptors (Lipinski definition) is 2. The van der Waals surface area contributed by atoms with Crippen LogP contribution >= 0.6 is 0 Å². The molecule has 2 aromatic rings. The number of carbonyl (C=O) groups is 1. The van der Waals surface area contributed by atoms with Crippen LogP contribution in [-0.4, -0.2) is 21.9 Å². The second-order valence-electron chi connectivity index (χ2n) is 5.26. The van der Waals surface area contributed by atoms with E-state index in [1.165, 1.54) is 6.07 Å². The predicted octanol–water partition coefficient (Wildman–Crippen LogP) is 2.14. The zero-order valence-corrected chi connectivity index (χ0v) is 10.5. The van der Waals surface area contributed by atoms with E-state index in [9.17, 15) is 9.59 Å². The molecule has 4 nitrogen and oxygen atoms in total. The molecule has 4 rings (SSSR count). The molecule has 1 unspecified atom stereocenters. The number of fused-ring (bicyclic) bond motifs is 5. The highest BCUT2D eigenvalue weighted by Crippen LogP contribution is 2.36. The van der Waals surface area contributed by atoms with Crippen LogP contribution < -0.4 is 5.43 Å². The molecule has 1 aromatic heterocycles. The number of nitrogens with zero attached hydrogens (tertiary/aromatic N) is 2. The molecule has 0 aliphatic carbocycles. The van der Waals surface area contributed by atoms with Crippen molar-refractivity contribution in [2.75, 3.05) is 6.54 Å². The Labute approximate surface area is 110 Å². The number of rotatable bonds is 0. The van der Waals surface area contributed by atoms with Gasteiger partial charge in [0.25, 0.3) is 5.91 Å². The molecule has 19 heavy (non-hydrogen) atoms.